The molecule has 3 rings (SSSR count). The topological polar surface area (TPSA) is 104 Å². The highest BCUT2D eigenvalue weighted by Gasteiger charge is 2.16. The van der Waals surface area contributed by atoms with Crippen molar-refractivity contribution in [2.24, 2.45) is 0 Å². The van der Waals surface area contributed by atoms with Gasteiger partial charge in [-0.3, -0.25) is 0 Å². The Morgan fingerprint density at radius 2 is 1.74 bits per heavy atom. The van der Waals surface area contributed by atoms with E-state index in [2.05, 4.69) is 14.9 Å². The molecule has 0 atom stereocenters. The molecule has 27 heavy (non-hydrogen) atoms. The summed E-state index contributed by atoms with van der Waals surface area (Å²) in [5.74, 6) is 1.85. The van der Waals surface area contributed by atoms with E-state index in [9.17, 15) is 8.42 Å². The van der Waals surface area contributed by atoms with Crippen LogP contribution in [0.4, 0.5) is 0 Å². The van der Waals surface area contributed by atoms with Gasteiger partial charge in [-0.15, -0.1) is 10.2 Å². The number of rotatable bonds is 8. The molecule has 0 aliphatic rings. The van der Waals surface area contributed by atoms with Crippen molar-refractivity contribution in [1.29, 1.82) is 0 Å². The van der Waals surface area contributed by atoms with Crippen LogP contribution >= 0.6 is 0 Å². The van der Waals surface area contributed by atoms with Gasteiger partial charge in [0.1, 0.15) is 11.5 Å². The number of aromatic nitrogens is 2. The lowest BCUT2D eigenvalue weighted by atomic mass is 10.2. The number of ether oxygens (including phenoxy) is 2. The lowest BCUT2D eigenvalue weighted by molar-refractivity contribution is 0.413. The summed E-state index contributed by atoms with van der Waals surface area (Å²) >= 11 is 0. The first-order chi connectivity index (χ1) is 13.0. The largest absolute Gasteiger partial charge is 0.497 e. The summed E-state index contributed by atoms with van der Waals surface area (Å²) in [5.41, 5.74) is 0.678. The van der Waals surface area contributed by atoms with E-state index in [0.717, 1.165) is 0 Å². The Hall–Kier alpha value is -2.91. The number of nitrogens with zero attached hydrogens (tertiary/aromatic N) is 2. The van der Waals surface area contributed by atoms with Gasteiger partial charge >= 0.3 is 0 Å². The molecule has 1 heterocycles. The molecule has 1 aromatic heterocycles. The minimum atomic E-state index is -3.63. The van der Waals surface area contributed by atoms with Crippen LogP contribution in [-0.4, -0.2) is 39.4 Å². The second-order valence-electron chi connectivity index (χ2n) is 5.52. The summed E-state index contributed by atoms with van der Waals surface area (Å²) in [7, 11) is -0.548. The average molecular weight is 389 g/mol. The van der Waals surface area contributed by atoms with Crippen LogP contribution in [0.5, 0.6) is 11.5 Å². The van der Waals surface area contributed by atoms with Crippen molar-refractivity contribution in [2.45, 2.75) is 11.3 Å². The molecule has 0 saturated heterocycles. The summed E-state index contributed by atoms with van der Waals surface area (Å²) in [6.07, 6.45) is 0.261. The Balaban J connectivity index is 1.63. The minimum Gasteiger partial charge on any atom is -0.497 e. The maximum Gasteiger partial charge on any atom is 0.251 e. The van der Waals surface area contributed by atoms with Crippen molar-refractivity contribution in [3.05, 3.63) is 54.4 Å². The van der Waals surface area contributed by atoms with Gasteiger partial charge in [-0.05, 0) is 36.4 Å². The Morgan fingerprint density at radius 1 is 1.00 bits per heavy atom. The molecule has 9 heteroatoms. The van der Waals surface area contributed by atoms with Crippen LogP contribution in [0.1, 0.15) is 5.89 Å². The smallest absolute Gasteiger partial charge is 0.251 e. The Kier molecular flexibility index (Phi) is 5.72. The van der Waals surface area contributed by atoms with E-state index in [-0.39, 0.29) is 17.9 Å². The maximum atomic E-state index is 12.3. The molecule has 0 aliphatic heterocycles. The van der Waals surface area contributed by atoms with E-state index in [0.29, 0.717) is 28.8 Å². The van der Waals surface area contributed by atoms with Crippen LogP contribution in [-0.2, 0) is 16.4 Å². The van der Waals surface area contributed by atoms with Gasteiger partial charge in [-0.1, -0.05) is 12.1 Å². The van der Waals surface area contributed by atoms with Crippen LogP contribution in [0.2, 0.25) is 0 Å². The monoisotopic (exact) mass is 389 g/mol. The van der Waals surface area contributed by atoms with E-state index in [1.54, 1.807) is 25.3 Å². The first-order valence-corrected chi connectivity index (χ1v) is 9.61. The number of benzene rings is 2. The molecular formula is C18H19N3O5S. The lowest BCUT2D eigenvalue weighted by Gasteiger charge is -2.06. The molecule has 0 saturated carbocycles. The summed E-state index contributed by atoms with van der Waals surface area (Å²) in [6.45, 7) is 0.127. The van der Waals surface area contributed by atoms with Crippen molar-refractivity contribution in [1.82, 2.24) is 14.9 Å². The van der Waals surface area contributed by atoms with Gasteiger partial charge in [0.25, 0.3) is 5.89 Å². The predicted molar refractivity (Wildman–Crippen MR) is 98.2 cm³/mol. The van der Waals surface area contributed by atoms with E-state index in [1.165, 1.54) is 19.2 Å². The molecule has 1 N–H and O–H groups in total. The third kappa shape index (κ3) is 4.44. The molecule has 0 radical (unpaired) electrons. The fraction of sp³-hybridized carbons (Fsp3) is 0.222. The number of hydrogen-bond donors (Lipinski definition) is 1. The number of para-hydroxylation sites is 1. The second-order valence-corrected chi connectivity index (χ2v) is 7.29. The van der Waals surface area contributed by atoms with Crippen molar-refractivity contribution in [3.63, 3.8) is 0 Å². The van der Waals surface area contributed by atoms with Crippen LogP contribution in [0.15, 0.2) is 57.8 Å². The summed E-state index contributed by atoms with van der Waals surface area (Å²) in [4.78, 5) is 0.156. The number of hydrogen-bond acceptors (Lipinski definition) is 7. The quantitative estimate of drug-likeness (QED) is 0.630. The van der Waals surface area contributed by atoms with E-state index in [1.807, 2.05) is 18.2 Å². The molecule has 0 bridgehead atoms. The van der Waals surface area contributed by atoms with Crippen LogP contribution in [0.25, 0.3) is 11.5 Å². The molecule has 0 spiro atoms. The number of methoxy groups -OCH3 is 2. The number of nitrogens with one attached hydrogen (secondary N) is 1. The zero-order valence-electron chi connectivity index (χ0n) is 14.9. The van der Waals surface area contributed by atoms with Crippen LogP contribution in [0, 0.1) is 0 Å². The standard InChI is InChI=1S/C18H19N3O5S/c1-24-13-7-9-14(10-8-13)27(22,23)19-12-11-17-20-21-18(26-17)15-5-3-4-6-16(15)25-2/h3-10,19H,11-12H2,1-2H3. The summed E-state index contributed by atoms with van der Waals surface area (Å²) < 4.78 is 43.0. The minimum absolute atomic E-state index is 0.127. The Labute approximate surface area is 157 Å². The number of sulfonamides is 1. The molecule has 8 nitrogen and oxygen atoms in total. The van der Waals surface area contributed by atoms with Crippen LogP contribution in [0.3, 0.4) is 0 Å². The Morgan fingerprint density at radius 3 is 2.44 bits per heavy atom. The summed E-state index contributed by atoms with van der Waals surface area (Å²) in [5, 5.41) is 7.96. The van der Waals surface area contributed by atoms with E-state index in [4.69, 9.17) is 13.9 Å². The maximum absolute atomic E-state index is 12.3. The fourth-order valence-electron chi connectivity index (χ4n) is 2.42. The molecule has 0 amide bonds. The molecule has 2 aromatic carbocycles. The van der Waals surface area contributed by atoms with Gasteiger partial charge in [0.05, 0.1) is 24.7 Å². The third-order valence-electron chi connectivity index (χ3n) is 3.80. The van der Waals surface area contributed by atoms with Gasteiger partial charge < -0.3 is 13.9 Å². The normalized spacial score (nSPS) is 11.3. The molecule has 0 fully saturated rings. The zero-order chi connectivity index (χ0) is 19.3. The van der Waals surface area contributed by atoms with Gasteiger partial charge in [0, 0.05) is 13.0 Å². The second kappa shape index (κ2) is 8.19. The molecular weight excluding hydrogens is 370 g/mol. The van der Waals surface area contributed by atoms with Gasteiger partial charge in [0.15, 0.2) is 0 Å². The fourth-order valence-corrected chi connectivity index (χ4v) is 3.45. The Bertz CT molecular complexity index is 1000. The molecule has 3 aromatic rings. The highest BCUT2D eigenvalue weighted by molar-refractivity contribution is 7.89. The zero-order valence-corrected chi connectivity index (χ0v) is 15.7. The van der Waals surface area contributed by atoms with Crippen molar-refractivity contribution >= 4 is 10.0 Å². The van der Waals surface area contributed by atoms with Crippen LogP contribution < -0.4 is 14.2 Å². The third-order valence-corrected chi connectivity index (χ3v) is 5.28. The first kappa shape index (κ1) is 18.9. The predicted octanol–water partition coefficient (Wildman–Crippen LogP) is 2.27. The highest BCUT2D eigenvalue weighted by Crippen LogP contribution is 2.28. The molecule has 0 unspecified atom stereocenters. The van der Waals surface area contributed by atoms with Crippen molar-refractivity contribution in [3.8, 4) is 23.0 Å². The van der Waals surface area contributed by atoms with Gasteiger partial charge in [-0.25, -0.2) is 13.1 Å². The van der Waals surface area contributed by atoms with Gasteiger partial charge in [0.2, 0.25) is 15.9 Å². The van der Waals surface area contributed by atoms with E-state index >= 15 is 0 Å². The first-order valence-electron chi connectivity index (χ1n) is 8.13. The van der Waals surface area contributed by atoms with E-state index < -0.39 is 10.0 Å². The SMILES string of the molecule is COc1ccc(S(=O)(=O)NCCc2nnc(-c3ccccc3OC)o2)cc1. The van der Waals surface area contributed by atoms with Crippen molar-refractivity contribution < 1.29 is 22.3 Å². The average Bonchev–Trinajstić information content (AvgIpc) is 3.16. The summed E-state index contributed by atoms with van der Waals surface area (Å²) in [6, 6.07) is 13.4. The molecule has 142 valence electrons. The highest BCUT2D eigenvalue weighted by atomic mass is 32.2. The van der Waals surface area contributed by atoms with Gasteiger partial charge in [-0.2, -0.15) is 0 Å². The lowest BCUT2D eigenvalue weighted by Crippen LogP contribution is -2.26. The van der Waals surface area contributed by atoms with Crippen molar-refractivity contribution in [2.75, 3.05) is 20.8 Å². The molecule has 0 aliphatic carbocycles.